The Labute approximate surface area is 121 Å². The lowest BCUT2D eigenvalue weighted by molar-refractivity contribution is -0.117. The van der Waals surface area contributed by atoms with Gasteiger partial charge in [-0.2, -0.15) is 0 Å². The molecule has 2 rings (SSSR count). The molecule has 0 aliphatic carbocycles. The van der Waals surface area contributed by atoms with Crippen molar-refractivity contribution in [2.24, 2.45) is 5.92 Å². The van der Waals surface area contributed by atoms with Crippen LogP contribution >= 0.6 is 0 Å². The summed E-state index contributed by atoms with van der Waals surface area (Å²) in [6, 6.07) is 8.59. The molecule has 110 valence electrons. The summed E-state index contributed by atoms with van der Waals surface area (Å²) in [4.78, 5) is 14.2. The molecule has 0 spiro atoms. The van der Waals surface area contributed by atoms with E-state index >= 15 is 0 Å². The minimum Gasteiger partial charge on any atom is -0.369 e. The van der Waals surface area contributed by atoms with Crippen LogP contribution in [0.1, 0.15) is 27.2 Å². The van der Waals surface area contributed by atoms with E-state index in [0.29, 0.717) is 18.4 Å². The van der Waals surface area contributed by atoms with E-state index in [-0.39, 0.29) is 5.91 Å². The number of hydrogen-bond acceptors (Lipinski definition) is 3. The van der Waals surface area contributed by atoms with E-state index in [2.05, 4.69) is 48.4 Å². The SMILES string of the molecule is CCN(c1ccc(NC(=O)CC2CNC2)cc1)C(C)C. The average Bonchev–Trinajstić information content (AvgIpc) is 2.36. The van der Waals surface area contributed by atoms with Gasteiger partial charge in [0, 0.05) is 30.4 Å². The predicted octanol–water partition coefficient (Wildman–Crippen LogP) is 2.47. The molecule has 0 radical (unpaired) electrons. The first kappa shape index (κ1) is 14.9. The van der Waals surface area contributed by atoms with Crippen LogP contribution in [-0.2, 0) is 4.79 Å². The van der Waals surface area contributed by atoms with Gasteiger partial charge in [0.25, 0.3) is 0 Å². The van der Waals surface area contributed by atoms with Crippen LogP contribution in [0.25, 0.3) is 0 Å². The summed E-state index contributed by atoms with van der Waals surface area (Å²) >= 11 is 0. The summed E-state index contributed by atoms with van der Waals surface area (Å²) in [6.45, 7) is 9.44. The monoisotopic (exact) mass is 275 g/mol. The number of carbonyl (C=O) groups is 1. The van der Waals surface area contributed by atoms with Gasteiger partial charge in [0.2, 0.25) is 5.91 Å². The molecule has 1 aliphatic rings. The van der Waals surface area contributed by atoms with Crippen molar-refractivity contribution in [3.8, 4) is 0 Å². The van der Waals surface area contributed by atoms with Crippen LogP contribution in [0.3, 0.4) is 0 Å². The van der Waals surface area contributed by atoms with Crippen LogP contribution < -0.4 is 15.5 Å². The van der Waals surface area contributed by atoms with Gasteiger partial charge >= 0.3 is 0 Å². The van der Waals surface area contributed by atoms with Crippen LogP contribution in [-0.4, -0.2) is 31.6 Å². The summed E-state index contributed by atoms with van der Waals surface area (Å²) in [5.41, 5.74) is 2.08. The molecule has 1 aliphatic heterocycles. The van der Waals surface area contributed by atoms with Crippen molar-refractivity contribution >= 4 is 17.3 Å². The first-order valence-corrected chi connectivity index (χ1v) is 7.47. The average molecular weight is 275 g/mol. The van der Waals surface area contributed by atoms with Crippen molar-refractivity contribution in [2.75, 3.05) is 29.9 Å². The molecule has 2 N–H and O–H groups in total. The van der Waals surface area contributed by atoms with Gasteiger partial charge in [0.15, 0.2) is 0 Å². The van der Waals surface area contributed by atoms with Crippen molar-refractivity contribution in [1.29, 1.82) is 0 Å². The van der Waals surface area contributed by atoms with Gasteiger partial charge in [0.05, 0.1) is 0 Å². The third-order valence-corrected chi connectivity index (χ3v) is 3.79. The Kier molecular flexibility index (Phi) is 5.01. The lowest BCUT2D eigenvalue weighted by Gasteiger charge is -2.28. The van der Waals surface area contributed by atoms with Gasteiger partial charge in [-0.05, 0) is 64.0 Å². The maximum absolute atomic E-state index is 11.8. The Bertz CT molecular complexity index is 438. The van der Waals surface area contributed by atoms with E-state index in [4.69, 9.17) is 0 Å². The fourth-order valence-corrected chi connectivity index (χ4v) is 2.55. The zero-order valence-corrected chi connectivity index (χ0v) is 12.6. The van der Waals surface area contributed by atoms with Gasteiger partial charge in [0.1, 0.15) is 0 Å². The standard InChI is InChI=1S/C16H25N3O/c1-4-19(12(2)3)15-7-5-14(6-8-15)18-16(20)9-13-10-17-11-13/h5-8,12-13,17H,4,9-11H2,1-3H3,(H,18,20). The number of benzene rings is 1. The molecule has 0 bridgehead atoms. The third kappa shape index (κ3) is 3.73. The van der Waals surface area contributed by atoms with Gasteiger partial charge in [-0.15, -0.1) is 0 Å². The van der Waals surface area contributed by atoms with Crippen molar-refractivity contribution < 1.29 is 4.79 Å². The molecule has 1 saturated heterocycles. The highest BCUT2D eigenvalue weighted by Crippen LogP contribution is 2.20. The number of nitrogens with zero attached hydrogens (tertiary/aromatic N) is 1. The van der Waals surface area contributed by atoms with Crippen molar-refractivity contribution in [2.45, 2.75) is 33.2 Å². The second-order valence-electron chi connectivity index (χ2n) is 5.70. The molecule has 1 amide bonds. The second kappa shape index (κ2) is 6.75. The smallest absolute Gasteiger partial charge is 0.224 e. The molecule has 4 heteroatoms. The van der Waals surface area contributed by atoms with Crippen molar-refractivity contribution in [1.82, 2.24) is 5.32 Å². The predicted molar refractivity (Wildman–Crippen MR) is 84.2 cm³/mol. The summed E-state index contributed by atoms with van der Waals surface area (Å²) < 4.78 is 0. The van der Waals surface area contributed by atoms with E-state index in [1.165, 1.54) is 5.69 Å². The quantitative estimate of drug-likeness (QED) is 0.838. The van der Waals surface area contributed by atoms with Crippen molar-refractivity contribution in [3.05, 3.63) is 24.3 Å². The maximum atomic E-state index is 11.8. The number of amides is 1. The van der Waals surface area contributed by atoms with Crippen LogP contribution in [0, 0.1) is 5.92 Å². The molecule has 0 aromatic heterocycles. The lowest BCUT2D eigenvalue weighted by Crippen LogP contribution is -2.43. The molecule has 1 fully saturated rings. The van der Waals surface area contributed by atoms with E-state index in [0.717, 1.165) is 25.3 Å². The lowest BCUT2D eigenvalue weighted by atomic mass is 9.99. The van der Waals surface area contributed by atoms with E-state index in [1.54, 1.807) is 0 Å². The number of rotatable bonds is 6. The fourth-order valence-electron chi connectivity index (χ4n) is 2.55. The van der Waals surface area contributed by atoms with Gasteiger partial charge in [-0.3, -0.25) is 4.79 Å². The fraction of sp³-hybridized carbons (Fsp3) is 0.562. The molecule has 1 aromatic carbocycles. The molecule has 1 aromatic rings. The number of nitrogens with one attached hydrogen (secondary N) is 2. The minimum absolute atomic E-state index is 0.112. The second-order valence-corrected chi connectivity index (χ2v) is 5.70. The molecule has 1 heterocycles. The highest BCUT2D eigenvalue weighted by atomic mass is 16.1. The molecule has 20 heavy (non-hydrogen) atoms. The van der Waals surface area contributed by atoms with Crippen LogP contribution in [0.5, 0.6) is 0 Å². The van der Waals surface area contributed by atoms with Crippen LogP contribution in [0.4, 0.5) is 11.4 Å². The van der Waals surface area contributed by atoms with Gasteiger partial charge < -0.3 is 15.5 Å². The largest absolute Gasteiger partial charge is 0.369 e. The van der Waals surface area contributed by atoms with Gasteiger partial charge in [-0.1, -0.05) is 0 Å². The third-order valence-electron chi connectivity index (χ3n) is 3.79. The summed E-state index contributed by atoms with van der Waals surface area (Å²) in [7, 11) is 0. The molecule has 4 nitrogen and oxygen atoms in total. The topological polar surface area (TPSA) is 44.4 Å². The van der Waals surface area contributed by atoms with E-state index < -0.39 is 0 Å². The molecular weight excluding hydrogens is 250 g/mol. The normalized spacial score (nSPS) is 15.0. The Morgan fingerprint density at radius 2 is 2.00 bits per heavy atom. The first-order chi connectivity index (χ1) is 9.60. The van der Waals surface area contributed by atoms with Crippen molar-refractivity contribution in [3.63, 3.8) is 0 Å². The van der Waals surface area contributed by atoms with E-state index in [9.17, 15) is 4.79 Å². The van der Waals surface area contributed by atoms with Crippen LogP contribution in [0.15, 0.2) is 24.3 Å². The van der Waals surface area contributed by atoms with Gasteiger partial charge in [-0.25, -0.2) is 0 Å². The zero-order chi connectivity index (χ0) is 14.5. The summed E-state index contributed by atoms with van der Waals surface area (Å²) in [5.74, 6) is 0.617. The Morgan fingerprint density at radius 1 is 1.35 bits per heavy atom. The Balaban J connectivity index is 1.91. The zero-order valence-electron chi connectivity index (χ0n) is 12.6. The first-order valence-electron chi connectivity index (χ1n) is 7.47. The van der Waals surface area contributed by atoms with E-state index in [1.807, 2.05) is 12.1 Å². The summed E-state index contributed by atoms with van der Waals surface area (Å²) in [5, 5.41) is 6.15. The molecule has 0 unspecified atom stereocenters. The van der Waals surface area contributed by atoms with Crippen LogP contribution in [0.2, 0.25) is 0 Å². The Hall–Kier alpha value is -1.55. The molecular formula is C16H25N3O. The maximum Gasteiger partial charge on any atom is 0.224 e. The highest BCUT2D eigenvalue weighted by molar-refractivity contribution is 5.91. The number of anilines is 2. The number of hydrogen-bond donors (Lipinski definition) is 2. The highest BCUT2D eigenvalue weighted by Gasteiger charge is 2.20. The molecule has 0 saturated carbocycles. The number of carbonyl (C=O) groups excluding carboxylic acids is 1. The molecule has 0 atom stereocenters. The summed E-state index contributed by atoms with van der Waals surface area (Å²) in [6.07, 6.45) is 0.613. The Morgan fingerprint density at radius 3 is 2.45 bits per heavy atom. The minimum atomic E-state index is 0.112.